The Labute approximate surface area is 144 Å². The number of hydrogen-bond acceptors (Lipinski definition) is 5. The zero-order chi connectivity index (χ0) is 17.4. The van der Waals surface area contributed by atoms with Gasteiger partial charge in [-0.05, 0) is 30.0 Å². The molecule has 2 N–H and O–H groups in total. The Morgan fingerprint density at radius 3 is 2.67 bits per heavy atom. The van der Waals surface area contributed by atoms with Crippen molar-refractivity contribution in [3.63, 3.8) is 0 Å². The summed E-state index contributed by atoms with van der Waals surface area (Å²) in [6.45, 7) is 0.442. The van der Waals surface area contributed by atoms with E-state index in [4.69, 9.17) is 9.47 Å². The van der Waals surface area contributed by atoms with Crippen molar-refractivity contribution in [1.29, 1.82) is 0 Å². The van der Waals surface area contributed by atoms with Crippen LogP contribution in [-0.2, 0) is 4.79 Å². The molecule has 128 valence electrons. The van der Waals surface area contributed by atoms with E-state index < -0.39 is 0 Å². The molecule has 2 aromatic rings. The first kappa shape index (κ1) is 17.8. The van der Waals surface area contributed by atoms with Crippen molar-refractivity contribution in [2.45, 2.75) is 12.8 Å². The molecule has 1 aromatic carbocycles. The van der Waals surface area contributed by atoms with Crippen LogP contribution >= 0.6 is 11.3 Å². The SMILES string of the molecule is COc1ccc(OC)c(NC(=O)CCCNC(=O)c2ccsc2)c1. The van der Waals surface area contributed by atoms with Crippen LogP contribution in [0, 0.1) is 0 Å². The molecule has 0 atom stereocenters. The molecule has 0 unspecified atom stereocenters. The summed E-state index contributed by atoms with van der Waals surface area (Å²) in [5, 5.41) is 9.22. The van der Waals surface area contributed by atoms with E-state index in [1.54, 1.807) is 36.8 Å². The van der Waals surface area contributed by atoms with E-state index >= 15 is 0 Å². The number of anilines is 1. The van der Waals surface area contributed by atoms with Crippen LogP contribution < -0.4 is 20.1 Å². The predicted molar refractivity (Wildman–Crippen MR) is 94.1 cm³/mol. The van der Waals surface area contributed by atoms with Crippen molar-refractivity contribution < 1.29 is 19.1 Å². The standard InChI is InChI=1S/C17H20N2O4S/c1-22-13-5-6-15(23-2)14(10-13)19-16(20)4-3-8-18-17(21)12-7-9-24-11-12/h5-7,9-11H,3-4,8H2,1-2H3,(H,18,21)(H,19,20). The highest BCUT2D eigenvalue weighted by molar-refractivity contribution is 7.08. The number of carbonyl (C=O) groups excluding carboxylic acids is 2. The minimum absolute atomic E-state index is 0.119. The minimum Gasteiger partial charge on any atom is -0.497 e. The third-order valence-corrected chi connectivity index (χ3v) is 4.01. The molecule has 0 fully saturated rings. The zero-order valence-corrected chi connectivity index (χ0v) is 14.4. The Morgan fingerprint density at radius 1 is 1.17 bits per heavy atom. The van der Waals surface area contributed by atoms with E-state index in [0.29, 0.717) is 42.1 Å². The quantitative estimate of drug-likeness (QED) is 0.719. The Bertz CT molecular complexity index is 686. The molecule has 24 heavy (non-hydrogen) atoms. The normalized spacial score (nSPS) is 10.1. The average molecular weight is 348 g/mol. The summed E-state index contributed by atoms with van der Waals surface area (Å²) in [6, 6.07) is 6.96. The maximum absolute atomic E-state index is 12.0. The minimum atomic E-state index is -0.147. The Kier molecular flexibility index (Phi) is 6.62. The summed E-state index contributed by atoms with van der Waals surface area (Å²) >= 11 is 1.47. The second-order valence-electron chi connectivity index (χ2n) is 4.99. The molecule has 0 spiro atoms. The van der Waals surface area contributed by atoms with E-state index in [9.17, 15) is 9.59 Å². The molecule has 0 aliphatic carbocycles. The molecular weight excluding hydrogens is 328 g/mol. The van der Waals surface area contributed by atoms with Crippen LogP contribution in [0.3, 0.4) is 0 Å². The molecule has 2 amide bonds. The number of methoxy groups -OCH3 is 2. The van der Waals surface area contributed by atoms with Gasteiger partial charge in [-0.2, -0.15) is 11.3 Å². The lowest BCUT2D eigenvalue weighted by atomic mass is 10.2. The predicted octanol–water partition coefficient (Wildman–Crippen LogP) is 2.91. The highest BCUT2D eigenvalue weighted by Gasteiger charge is 2.10. The van der Waals surface area contributed by atoms with Gasteiger partial charge in [0.1, 0.15) is 11.5 Å². The maximum atomic E-state index is 12.0. The van der Waals surface area contributed by atoms with Crippen LogP contribution in [0.2, 0.25) is 0 Å². The van der Waals surface area contributed by atoms with Gasteiger partial charge >= 0.3 is 0 Å². The lowest BCUT2D eigenvalue weighted by Crippen LogP contribution is -2.25. The first-order chi connectivity index (χ1) is 11.6. The summed E-state index contributed by atoms with van der Waals surface area (Å²) in [5.41, 5.74) is 1.20. The first-order valence-corrected chi connectivity index (χ1v) is 8.40. The Morgan fingerprint density at radius 2 is 2.00 bits per heavy atom. The smallest absolute Gasteiger partial charge is 0.252 e. The van der Waals surface area contributed by atoms with Crippen molar-refractivity contribution >= 4 is 28.8 Å². The van der Waals surface area contributed by atoms with Crippen molar-refractivity contribution in [1.82, 2.24) is 5.32 Å². The largest absolute Gasteiger partial charge is 0.497 e. The molecule has 0 radical (unpaired) electrons. The van der Waals surface area contributed by atoms with Gasteiger partial charge in [-0.25, -0.2) is 0 Å². The van der Waals surface area contributed by atoms with Gasteiger partial charge in [0.15, 0.2) is 0 Å². The van der Waals surface area contributed by atoms with E-state index in [1.807, 2.05) is 5.38 Å². The molecule has 0 aliphatic heterocycles. The molecule has 0 saturated carbocycles. The average Bonchev–Trinajstić information content (AvgIpc) is 3.13. The number of amides is 2. The summed E-state index contributed by atoms with van der Waals surface area (Å²) < 4.78 is 10.4. The fourth-order valence-electron chi connectivity index (χ4n) is 2.07. The molecule has 7 heteroatoms. The molecule has 1 heterocycles. The third-order valence-electron chi connectivity index (χ3n) is 3.33. The van der Waals surface area contributed by atoms with Crippen LogP contribution in [0.15, 0.2) is 35.0 Å². The van der Waals surface area contributed by atoms with E-state index in [-0.39, 0.29) is 11.8 Å². The number of rotatable bonds is 8. The van der Waals surface area contributed by atoms with E-state index in [0.717, 1.165) is 0 Å². The lowest BCUT2D eigenvalue weighted by Gasteiger charge is -2.11. The summed E-state index contributed by atoms with van der Waals surface area (Å²) in [4.78, 5) is 23.8. The van der Waals surface area contributed by atoms with Crippen LogP contribution in [0.5, 0.6) is 11.5 Å². The van der Waals surface area contributed by atoms with Crippen molar-refractivity contribution in [3.8, 4) is 11.5 Å². The lowest BCUT2D eigenvalue weighted by molar-refractivity contribution is -0.116. The van der Waals surface area contributed by atoms with Crippen molar-refractivity contribution in [2.24, 2.45) is 0 Å². The van der Waals surface area contributed by atoms with Gasteiger partial charge in [-0.3, -0.25) is 9.59 Å². The summed E-state index contributed by atoms with van der Waals surface area (Å²) in [6.07, 6.45) is 0.846. The molecule has 2 rings (SSSR count). The molecular formula is C17H20N2O4S. The highest BCUT2D eigenvalue weighted by atomic mass is 32.1. The number of nitrogens with one attached hydrogen (secondary N) is 2. The molecule has 0 saturated heterocycles. The number of thiophene rings is 1. The van der Waals surface area contributed by atoms with Gasteiger partial charge in [-0.1, -0.05) is 0 Å². The van der Waals surface area contributed by atoms with Crippen LogP contribution in [0.25, 0.3) is 0 Å². The number of carbonyl (C=O) groups is 2. The van der Waals surface area contributed by atoms with Gasteiger partial charge in [0, 0.05) is 30.0 Å². The number of hydrogen-bond donors (Lipinski definition) is 2. The summed E-state index contributed by atoms with van der Waals surface area (Å²) in [7, 11) is 3.10. The van der Waals surface area contributed by atoms with Gasteiger partial charge in [0.05, 0.1) is 19.9 Å². The van der Waals surface area contributed by atoms with Gasteiger partial charge in [-0.15, -0.1) is 0 Å². The first-order valence-electron chi connectivity index (χ1n) is 7.46. The number of benzene rings is 1. The topological polar surface area (TPSA) is 76.7 Å². The number of ether oxygens (including phenoxy) is 2. The Hall–Kier alpha value is -2.54. The van der Waals surface area contributed by atoms with Crippen molar-refractivity contribution in [2.75, 3.05) is 26.1 Å². The second kappa shape index (κ2) is 8.93. The molecule has 6 nitrogen and oxygen atoms in total. The van der Waals surface area contributed by atoms with Gasteiger partial charge in [0.2, 0.25) is 5.91 Å². The van der Waals surface area contributed by atoms with E-state index in [2.05, 4.69) is 10.6 Å². The third kappa shape index (κ3) is 4.99. The summed E-state index contributed by atoms with van der Waals surface area (Å²) in [5.74, 6) is 0.932. The van der Waals surface area contributed by atoms with Crippen LogP contribution in [0.1, 0.15) is 23.2 Å². The van der Waals surface area contributed by atoms with Gasteiger partial charge in [0.25, 0.3) is 5.91 Å². The zero-order valence-electron chi connectivity index (χ0n) is 13.6. The van der Waals surface area contributed by atoms with Crippen LogP contribution in [-0.4, -0.2) is 32.6 Å². The second-order valence-corrected chi connectivity index (χ2v) is 5.77. The van der Waals surface area contributed by atoms with E-state index in [1.165, 1.54) is 18.4 Å². The van der Waals surface area contributed by atoms with Crippen molar-refractivity contribution in [3.05, 3.63) is 40.6 Å². The fraction of sp³-hybridized carbons (Fsp3) is 0.294. The maximum Gasteiger partial charge on any atom is 0.252 e. The fourth-order valence-corrected chi connectivity index (χ4v) is 2.71. The highest BCUT2D eigenvalue weighted by Crippen LogP contribution is 2.28. The molecule has 1 aromatic heterocycles. The molecule has 0 aliphatic rings. The monoisotopic (exact) mass is 348 g/mol. The van der Waals surface area contributed by atoms with Crippen LogP contribution in [0.4, 0.5) is 5.69 Å². The Balaban J connectivity index is 1.78. The van der Waals surface area contributed by atoms with Gasteiger partial charge < -0.3 is 20.1 Å². The molecule has 0 bridgehead atoms.